The molecule has 0 aliphatic carbocycles. The van der Waals surface area contributed by atoms with Crippen LogP contribution in [-0.2, 0) is 16.1 Å². The number of anilines is 1. The Morgan fingerprint density at radius 1 is 1.43 bits per heavy atom. The average Bonchev–Trinajstić information content (AvgIpc) is 2.83. The highest BCUT2D eigenvalue weighted by atomic mass is 35.5. The molecule has 122 valence electrons. The Kier molecular flexibility index (Phi) is 5.51. The number of hydrogen-bond acceptors (Lipinski definition) is 6. The molecule has 2 heterocycles. The Labute approximate surface area is 140 Å². The van der Waals surface area contributed by atoms with Crippen molar-refractivity contribution in [2.45, 2.75) is 20.4 Å². The topological polar surface area (TPSA) is 90.3 Å². The predicted molar refractivity (Wildman–Crippen MR) is 87.1 cm³/mol. The van der Waals surface area contributed by atoms with Crippen LogP contribution < -0.4 is 10.9 Å². The van der Waals surface area contributed by atoms with Gasteiger partial charge in [0.15, 0.2) is 5.13 Å². The molecular formula is C14H14ClN3O4S. The molecule has 2 aromatic heterocycles. The predicted octanol–water partition coefficient (Wildman–Crippen LogP) is 2.08. The van der Waals surface area contributed by atoms with Crippen LogP contribution in [0.4, 0.5) is 5.13 Å². The van der Waals surface area contributed by atoms with E-state index in [0.717, 1.165) is 11.3 Å². The molecule has 1 N–H and O–H groups in total. The standard InChI is InChI=1S/C14H14ClN3O4S/c1-3-22-13(21)12-8(2)16-14(23-12)17-10(19)7-18-6-9(15)4-5-11(18)20/h4-6H,3,7H2,1-2H3,(H,16,17,19). The number of carbonyl (C=O) groups is 2. The molecule has 0 fully saturated rings. The number of aryl methyl sites for hydroxylation is 1. The number of carbonyl (C=O) groups excluding carboxylic acids is 2. The third-order valence-corrected chi connectivity index (χ3v) is 4.04. The zero-order valence-electron chi connectivity index (χ0n) is 12.5. The zero-order chi connectivity index (χ0) is 17.0. The van der Waals surface area contributed by atoms with Crippen molar-refractivity contribution in [1.29, 1.82) is 0 Å². The van der Waals surface area contributed by atoms with Crippen LogP contribution in [0.1, 0.15) is 22.3 Å². The molecule has 0 aliphatic heterocycles. The lowest BCUT2D eigenvalue weighted by Gasteiger charge is -2.05. The minimum Gasteiger partial charge on any atom is -0.462 e. The van der Waals surface area contributed by atoms with E-state index in [2.05, 4.69) is 10.3 Å². The number of nitrogens with zero attached hydrogens (tertiary/aromatic N) is 2. The van der Waals surface area contributed by atoms with E-state index in [0.29, 0.717) is 15.6 Å². The Morgan fingerprint density at radius 3 is 2.87 bits per heavy atom. The van der Waals surface area contributed by atoms with Crippen LogP contribution in [0, 0.1) is 6.92 Å². The van der Waals surface area contributed by atoms with E-state index >= 15 is 0 Å². The molecule has 0 atom stereocenters. The van der Waals surface area contributed by atoms with Crippen LogP contribution in [0.5, 0.6) is 0 Å². The second kappa shape index (κ2) is 7.38. The van der Waals surface area contributed by atoms with Gasteiger partial charge >= 0.3 is 5.97 Å². The molecule has 0 unspecified atom stereocenters. The van der Waals surface area contributed by atoms with E-state index in [-0.39, 0.29) is 23.8 Å². The fourth-order valence-electron chi connectivity index (χ4n) is 1.78. The first-order valence-corrected chi connectivity index (χ1v) is 7.90. The first-order valence-electron chi connectivity index (χ1n) is 6.71. The highest BCUT2D eigenvalue weighted by molar-refractivity contribution is 7.17. The lowest BCUT2D eigenvalue weighted by Crippen LogP contribution is -2.26. The Hall–Kier alpha value is -2.19. The van der Waals surface area contributed by atoms with Gasteiger partial charge in [-0.25, -0.2) is 9.78 Å². The van der Waals surface area contributed by atoms with Gasteiger partial charge in [-0.3, -0.25) is 9.59 Å². The minimum absolute atomic E-state index is 0.202. The van der Waals surface area contributed by atoms with Gasteiger partial charge in [-0.2, -0.15) is 0 Å². The second-order valence-electron chi connectivity index (χ2n) is 4.52. The third kappa shape index (κ3) is 4.40. The first-order chi connectivity index (χ1) is 10.9. The van der Waals surface area contributed by atoms with Gasteiger partial charge in [0.25, 0.3) is 5.56 Å². The normalized spacial score (nSPS) is 10.4. The summed E-state index contributed by atoms with van der Waals surface area (Å²) in [4.78, 5) is 39.8. The molecule has 0 saturated carbocycles. The SMILES string of the molecule is CCOC(=O)c1sc(NC(=O)Cn2cc(Cl)ccc2=O)nc1C. The monoisotopic (exact) mass is 355 g/mol. The molecule has 23 heavy (non-hydrogen) atoms. The highest BCUT2D eigenvalue weighted by Gasteiger charge is 2.17. The van der Waals surface area contributed by atoms with Gasteiger partial charge in [0.1, 0.15) is 11.4 Å². The second-order valence-corrected chi connectivity index (χ2v) is 5.95. The van der Waals surface area contributed by atoms with E-state index in [1.54, 1.807) is 13.8 Å². The quantitative estimate of drug-likeness (QED) is 0.829. The average molecular weight is 356 g/mol. The van der Waals surface area contributed by atoms with Crippen LogP contribution in [-0.4, -0.2) is 28.0 Å². The molecule has 2 rings (SSSR count). The van der Waals surface area contributed by atoms with Crippen molar-refractivity contribution in [3.63, 3.8) is 0 Å². The molecule has 9 heteroatoms. The lowest BCUT2D eigenvalue weighted by atomic mass is 10.4. The maximum Gasteiger partial charge on any atom is 0.350 e. The summed E-state index contributed by atoms with van der Waals surface area (Å²) in [5, 5.41) is 3.18. The summed E-state index contributed by atoms with van der Waals surface area (Å²) < 4.78 is 6.10. The fourth-order valence-corrected chi connectivity index (χ4v) is 2.83. The van der Waals surface area contributed by atoms with Crippen LogP contribution in [0.15, 0.2) is 23.1 Å². The van der Waals surface area contributed by atoms with Gasteiger partial charge in [0, 0.05) is 12.3 Å². The summed E-state index contributed by atoms with van der Waals surface area (Å²) >= 11 is 6.82. The van der Waals surface area contributed by atoms with E-state index in [9.17, 15) is 14.4 Å². The zero-order valence-corrected chi connectivity index (χ0v) is 14.0. The fraction of sp³-hybridized carbons (Fsp3) is 0.286. The smallest absolute Gasteiger partial charge is 0.350 e. The van der Waals surface area contributed by atoms with Crippen molar-refractivity contribution < 1.29 is 14.3 Å². The van der Waals surface area contributed by atoms with E-state index < -0.39 is 11.9 Å². The molecule has 7 nitrogen and oxygen atoms in total. The molecule has 0 saturated heterocycles. The summed E-state index contributed by atoms with van der Waals surface area (Å²) in [5.74, 6) is -0.924. The largest absolute Gasteiger partial charge is 0.462 e. The molecule has 0 aromatic carbocycles. The molecule has 0 radical (unpaired) electrons. The Morgan fingerprint density at radius 2 is 2.17 bits per heavy atom. The number of rotatable bonds is 5. The Balaban J connectivity index is 2.09. The van der Waals surface area contributed by atoms with Gasteiger partial charge in [0.2, 0.25) is 5.91 Å². The van der Waals surface area contributed by atoms with Gasteiger partial charge in [0.05, 0.1) is 17.3 Å². The number of hydrogen-bond donors (Lipinski definition) is 1. The number of thiazole rings is 1. The maximum atomic E-state index is 12.0. The first kappa shape index (κ1) is 17.2. The van der Waals surface area contributed by atoms with E-state index in [4.69, 9.17) is 16.3 Å². The van der Waals surface area contributed by atoms with E-state index in [1.165, 1.54) is 22.9 Å². The van der Waals surface area contributed by atoms with Crippen LogP contribution in [0.2, 0.25) is 5.02 Å². The van der Waals surface area contributed by atoms with Gasteiger partial charge < -0.3 is 14.6 Å². The van der Waals surface area contributed by atoms with Crippen LogP contribution in [0.25, 0.3) is 0 Å². The van der Waals surface area contributed by atoms with Crippen molar-refractivity contribution in [2.75, 3.05) is 11.9 Å². The number of nitrogens with one attached hydrogen (secondary N) is 1. The molecule has 0 aliphatic rings. The molecule has 0 bridgehead atoms. The third-order valence-electron chi connectivity index (χ3n) is 2.77. The number of aromatic nitrogens is 2. The summed E-state index contributed by atoms with van der Waals surface area (Å²) in [6.45, 7) is 3.42. The van der Waals surface area contributed by atoms with Crippen LogP contribution in [0.3, 0.4) is 0 Å². The number of pyridine rings is 1. The number of halogens is 1. The lowest BCUT2D eigenvalue weighted by molar-refractivity contribution is -0.116. The van der Waals surface area contributed by atoms with Gasteiger partial charge in [-0.05, 0) is 19.9 Å². The molecular weight excluding hydrogens is 342 g/mol. The minimum atomic E-state index is -0.478. The summed E-state index contributed by atoms with van der Waals surface area (Å²) in [6, 6.07) is 2.73. The van der Waals surface area contributed by atoms with Crippen molar-refractivity contribution in [2.24, 2.45) is 0 Å². The summed E-state index contributed by atoms with van der Waals surface area (Å²) in [7, 11) is 0. The number of esters is 1. The number of ether oxygens (including phenoxy) is 1. The Bertz CT molecular complexity index is 800. The van der Waals surface area contributed by atoms with Crippen molar-refractivity contribution in [1.82, 2.24) is 9.55 Å². The van der Waals surface area contributed by atoms with Gasteiger partial charge in [-0.1, -0.05) is 22.9 Å². The molecule has 2 aromatic rings. The van der Waals surface area contributed by atoms with E-state index in [1.807, 2.05) is 0 Å². The van der Waals surface area contributed by atoms with Crippen LogP contribution >= 0.6 is 22.9 Å². The summed E-state index contributed by atoms with van der Waals surface area (Å²) in [6.07, 6.45) is 1.38. The van der Waals surface area contributed by atoms with Crippen molar-refractivity contribution >= 4 is 39.9 Å². The highest BCUT2D eigenvalue weighted by Crippen LogP contribution is 2.23. The molecule has 1 amide bonds. The van der Waals surface area contributed by atoms with Gasteiger partial charge in [-0.15, -0.1) is 0 Å². The maximum absolute atomic E-state index is 12.0. The number of amides is 1. The van der Waals surface area contributed by atoms with Crippen molar-refractivity contribution in [3.05, 3.63) is 44.3 Å². The molecule has 0 spiro atoms. The summed E-state index contributed by atoms with van der Waals surface area (Å²) in [5.41, 5.74) is 0.135. The van der Waals surface area contributed by atoms with Crippen molar-refractivity contribution in [3.8, 4) is 0 Å².